The number of nitrogens with one attached hydrogen (secondary N) is 1. The Bertz CT molecular complexity index is 1440. The first-order valence-electron chi connectivity index (χ1n) is 13.4. The van der Waals surface area contributed by atoms with Crippen molar-refractivity contribution in [2.75, 3.05) is 6.54 Å². The lowest BCUT2D eigenvalue weighted by atomic mass is 9.77. The highest BCUT2D eigenvalue weighted by atomic mass is 16.7. The minimum absolute atomic E-state index is 0.117. The maximum Gasteiger partial charge on any atom is 0.341 e. The molecule has 4 atom stereocenters. The van der Waals surface area contributed by atoms with E-state index in [2.05, 4.69) is 11.4 Å². The van der Waals surface area contributed by atoms with E-state index in [0.717, 1.165) is 24.8 Å². The molecule has 2 aromatic rings. The zero-order valence-electron chi connectivity index (χ0n) is 22.0. The molecule has 1 aromatic heterocycles. The molecule has 2 fully saturated rings. The minimum Gasteiger partial charge on any atom is -0.507 e. The lowest BCUT2D eigenvalue weighted by molar-refractivity contribution is -0.170. The average Bonchev–Trinajstić information content (AvgIpc) is 3.53. The highest BCUT2D eigenvalue weighted by Gasteiger charge is 2.64. The number of nitrogens with two attached hydrogens (primary N) is 1. The number of aryl methyl sites for hydroxylation is 1. The summed E-state index contributed by atoms with van der Waals surface area (Å²) in [5.41, 5.74) is 5.63. The molecule has 1 aromatic carbocycles. The SMILES string of the molecule is Cc1cc(=O)c2c(O)c3c(cc2o1)OC(C)(C)[C@@H]1OC(=O)[C@@]2(CCCC[C@@H]31)O[C@@H]2CCC1=CCNC(N)=C1. The topological polar surface area (TPSA) is 137 Å². The first-order valence-corrected chi connectivity index (χ1v) is 13.4. The molecule has 0 radical (unpaired) electrons. The molecular weight excluding hydrogens is 488 g/mol. The number of aromatic hydroxyl groups is 1. The number of rotatable bonds is 3. The van der Waals surface area contributed by atoms with Crippen molar-refractivity contribution in [2.24, 2.45) is 5.73 Å². The summed E-state index contributed by atoms with van der Waals surface area (Å²) in [6.45, 7) is 6.14. The third-order valence-corrected chi connectivity index (χ3v) is 8.33. The van der Waals surface area contributed by atoms with E-state index >= 15 is 0 Å². The van der Waals surface area contributed by atoms with E-state index in [-0.39, 0.29) is 40.1 Å². The van der Waals surface area contributed by atoms with Gasteiger partial charge in [-0.1, -0.05) is 12.5 Å². The molecule has 2 saturated heterocycles. The van der Waals surface area contributed by atoms with Crippen molar-refractivity contribution in [3.05, 3.63) is 57.2 Å². The van der Waals surface area contributed by atoms with Crippen LogP contribution in [0.25, 0.3) is 11.0 Å². The largest absolute Gasteiger partial charge is 0.507 e. The van der Waals surface area contributed by atoms with Crippen LogP contribution in [0.2, 0.25) is 0 Å². The number of ether oxygens (including phenoxy) is 3. The van der Waals surface area contributed by atoms with Gasteiger partial charge >= 0.3 is 5.97 Å². The number of benzene rings is 1. The third kappa shape index (κ3) is 4.04. The Hall–Kier alpha value is -3.46. The molecule has 1 spiro atoms. The molecule has 4 N–H and O–H groups in total. The van der Waals surface area contributed by atoms with E-state index in [1.54, 1.807) is 13.0 Å². The van der Waals surface area contributed by atoms with Crippen molar-refractivity contribution in [1.29, 1.82) is 0 Å². The number of allylic oxidation sites excluding steroid dienone is 2. The van der Waals surface area contributed by atoms with Gasteiger partial charge in [-0.2, -0.15) is 0 Å². The Morgan fingerprint density at radius 3 is 2.82 bits per heavy atom. The summed E-state index contributed by atoms with van der Waals surface area (Å²) in [7, 11) is 0. The number of dihydropyridines is 1. The smallest absolute Gasteiger partial charge is 0.341 e. The van der Waals surface area contributed by atoms with Crippen LogP contribution in [0, 0.1) is 6.92 Å². The number of hydrogen-bond acceptors (Lipinski definition) is 9. The molecule has 4 aliphatic heterocycles. The number of hydrogen-bond donors (Lipinski definition) is 3. The summed E-state index contributed by atoms with van der Waals surface area (Å²) in [6, 6.07) is 3.03. The molecule has 0 amide bonds. The van der Waals surface area contributed by atoms with Crippen LogP contribution in [0.4, 0.5) is 0 Å². The van der Waals surface area contributed by atoms with Gasteiger partial charge in [-0.15, -0.1) is 0 Å². The second kappa shape index (κ2) is 8.80. The minimum atomic E-state index is -0.960. The van der Waals surface area contributed by atoms with E-state index in [0.29, 0.717) is 48.7 Å². The van der Waals surface area contributed by atoms with Gasteiger partial charge in [0.05, 0.1) is 11.9 Å². The van der Waals surface area contributed by atoms with Gasteiger partial charge in [-0.25, -0.2) is 4.79 Å². The fourth-order valence-electron chi connectivity index (χ4n) is 6.42. The van der Waals surface area contributed by atoms with Crippen molar-refractivity contribution in [2.45, 2.75) is 88.6 Å². The molecule has 9 heteroatoms. The first-order chi connectivity index (χ1) is 18.1. The molecule has 5 heterocycles. The number of esters is 1. The molecule has 4 aliphatic rings. The number of epoxide rings is 1. The van der Waals surface area contributed by atoms with Gasteiger partial charge in [0, 0.05) is 30.2 Å². The van der Waals surface area contributed by atoms with Gasteiger partial charge in [-0.3, -0.25) is 4.79 Å². The fourth-order valence-corrected chi connectivity index (χ4v) is 6.42. The van der Waals surface area contributed by atoms with Crippen molar-refractivity contribution in [3.8, 4) is 11.5 Å². The van der Waals surface area contributed by atoms with Crippen LogP contribution in [0.3, 0.4) is 0 Å². The summed E-state index contributed by atoms with van der Waals surface area (Å²) in [5.74, 6) is 0.650. The summed E-state index contributed by atoms with van der Waals surface area (Å²) >= 11 is 0. The van der Waals surface area contributed by atoms with Crippen molar-refractivity contribution < 1.29 is 28.5 Å². The second-order valence-electron chi connectivity index (χ2n) is 11.4. The van der Waals surface area contributed by atoms with Crippen LogP contribution in [0.15, 0.2) is 44.9 Å². The molecule has 0 bridgehead atoms. The van der Waals surface area contributed by atoms with E-state index in [1.807, 2.05) is 19.9 Å². The zero-order chi connectivity index (χ0) is 26.8. The predicted octanol–water partition coefficient (Wildman–Crippen LogP) is 3.79. The molecule has 0 saturated carbocycles. The monoisotopic (exact) mass is 522 g/mol. The van der Waals surface area contributed by atoms with Crippen LogP contribution in [-0.4, -0.2) is 41.0 Å². The number of phenolic OH excluding ortho intramolecular Hbond substituents is 1. The Kier molecular flexibility index (Phi) is 5.75. The normalized spacial score (nSPS) is 29.9. The highest BCUT2D eigenvalue weighted by Crippen LogP contribution is 2.53. The highest BCUT2D eigenvalue weighted by molar-refractivity contribution is 5.88. The van der Waals surface area contributed by atoms with Gasteiger partial charge in [0.1, 0.15) is 39.9 Å². The summed E-state index contributed by atoms with van der Waals surface area (Å²) < 4.78 is 24.4. The molecule has 38 heavy (non-hydrogen) atoms. The standard InChI is InChI=1S/C29H34N2O7/c1-15-12-18(32)24-19(35-15)14-20-23(25(24)33)17-6-4-5-10-29(27(34)36-26(17)28(2,3)37-20)21(38-29)8-7-16-9-11-31-22(30)13-16/h9,12-14,17,21,26,31,33H,4-8,10-11,30H2,1-3H3/t17-,21+,26+,29-/m0/s1. The second-order valence-corrected chi connectivity index (χ2v) is 11.4. The van der Waals surface area contributed by atoms with Gasteiger partial charge in [0.15, 0.2) is 11.0 Å². The maximum atomic E-state index is 13.7. The lowest BCUT2D eigenvalue weighted by Gasteiger charge is -2.44. The number of fused-ring (bicyclic) bond motifs is 4. The Morgan fingerprint density at radius 2 is 2.03 bits per heavy atom. The molecular formula is C29H34N2O7. The van der Waals surface area contributed by atoms with Crippen molar-refractivity contribution >= 4 is 16.9 Å². The molecule has 0 aliphatic carbocycles. The Morgan fingerprint density at radius 1 is 1.21 bits per heavy atom. The van der Waals surface area contributed by atoms with Gasteiger partial charge in [0.2, 0.25) is 0 Å². The number of carbonyl (C=O) groups is 1. The molecule has 202 valence electrons. The van der Waals surface area contributed by atoms with Crippen LogP contribution in [0.1, 0.15) is 69.6 Å². The van der Waals surface area contributed by atoms with E-state index in [4.69, 9.17) is 24.4 Å². The lowest BCUT2D eigenvalue weighted by Crippen LogP contribution is -2.52. The predicted molar refractivity (Wildman–Crippen MR) is 140 cm³/mol. The van der Waals surface area contributed by atoms with E-state index < -0.39 is 17.3 Å². The summed E-state index contributed by atoms with van der Waals surface area (Å²) in [5, 5.41) is 14.5. The number of phenols is 1. The fraction of sp³-hybridized carbons (Fsp3) is 0.517. The quantitative estimate of drug-likeness (QED) is 0.406. The van der Waals surface area contributed by atoms with Crippen LogP contribution in [0.5, 0.6) is 11.5 Å². The van der Waals surface area contributed by atoms with Crippen LogP contribution < -0.4 is 21.2 Å². The van der Waals surface area contributed by atoms with E-state index in [9.17, 15) is 14.7 Å². The van der Waals surface area contributed by atoms with Gasteiger partial charge < -0.3 is 34.8 Å². The Labute approximate surface area is 220 Å². The average molecular weight is 523 g/mol. The van der Waals surface area contributed by atoms with E-state index in [1.165, 1.54) is 6.07 Å². The van der Waals surface area contributed by atoms with Gasteiger partial charge in [-0.05, 0) is 64.5 Å². The zero-order valence-corrected chi connectivity index (χ0v) is 22.0. The number of carbonyl (C=O) groups excluding carboxylic acids is 1. The van der Waals surface area contributed by atoms with Crippen molar-refractivity contribution in [1.82, 2.24) is 5.32 Å². The van der Waals surface area contributed by atoms with Crippen LogP contribution >= 0.6 is 0 Å². The van der Waals surface area contributed by atoms with Gasteiger partial charge in [0.25, 0.3) is 0 Å². The molecule has 9 nitrogen and oxygen atoms in total. The van der Waals surface area contributed by atoms with Crippen molar-refractivity contribution in [3.63, 3.8) is 0 Å². The molecule has 6 rings (SSSR count). The first kappa shape index (κ1) is 24.9. The van der Waals surface area contributed by atoms with Crippen LogP contribution in [-0.2, 0) is 14.3 Å². The molecule has 0 unspecified atom stereocenters. The Balaban J connectivity index is 1.30. The summed E-state index contributed by atoms with van der Waals surface area (Å²) in [6.07, 6.45) is 7.41. The maximum absolute atomic E-state index is 13.7. The summed E-state index contributed by atoms with van der Waals surface area (Å²) in [4.78, 5) is 26.4. The third-order valence-electron chi connectivity index (χ3n) is 8.33.